The van der Waals surface area contributed by atoms with Crippen molar-refractivity contribution in [1.29, 1.82) is 0 Å². The Morgan fingerprint density at radius 1 is 1.02 bits per heavy atom. The van der Waals surface area contributed by atoms with Gasteiger partial charge in [0.05, 0.1) is 17.2 Å². The number of nitrogens with zero attached hydrogens (tertiary/aromatic N) is 2. The Bertz CT molecular complexity index is 1420. The lowest BCUT2D eigenvalue weighted by Crippen LogP contribution is -2.51. The fraction of sp³-hybridized carbons (Fsp3) is 0.310. The summed E-state index contributed by atoms with van der Waals surface area (Å²) in [6.45, 7) is 5.65. The van der Waals surface area contributed by atoms with E-state index in [0.29, 0.717) is 23.9 Å². The van der Waals surface area contributed by atoms with Gasteiger partial charge in [0.2, 0.25) is 11.8 Å². The number of carbonyl (C=O) groups excluding carboxylic acids is 2. The second kappa shape index (κ2) is 14.5. The van der Waals surface area contributed by atoms with Crippen LogP contribution in [-0.2, 0) is 26.2 Å². The number of sulfonamides is 1. The van der Waals surface area contributed by atoms with Gasteiger partial charge in [-0.05, 0) is 74.4 Å². The zero-order valence-corrected chi connectivity index (χ0v) is 25.8. The summed E-state index contributed by atoms with van der Waals surface area (Å²) >= 11 is 9.46. The highest BCUT2D eigenvalue weighted by Crippen LogP contribution is 2.33. The number of hydrogen-bond donors (Lipinski definition) is 1. The topological polar surface area (TPSA) is 96.0 Å². The van der Waals surface area contributed by atoms with E-state index in [1.165, 1.54) is 29.2 Å². The molecule has 0 fully saturated rings. The molecular weight excluding hydrogens is 618 g/mol. The Morgan fingerprint density at radius 2 is 1.73 bits per heavy atom. The second-order valence-corrected chi connectivity index (χ2v) is 12.2. The molecule has 3 rings (SSSR count). The minimum absolute atomic E-state index is 0.0386. The highest BCUT2D eigenvalue weighted by atomic mass is 79.9. The van der Waals surface area contributed by atoms with Gasteiger partial charge in [0, 0.05) is 22.6 Å². The number of ether oxygens (including phenoxy) is 1. The summed E-state index contributed by atoms with van der Waals surface area (Å²) in [4.78, 5) is 28.3. The van der Waals surface area contributed by atoms with Crippen LogP contribution in [0.25, 0.3) is 0 Å². The van der Waals surface area contributed by atoms with Crippen LogP contribution in [0, 0.1) is 0 Å². The lowest BCUT2D eigenvalue weighted by atomic mass is 10.1. The quantitative estimate of drug-likeness (QED) is 0.258. The molecule has 1 atom stereocenters. The number of hydrogen-bond acceptors (Lipinski definition) is 5. The van der Waals surface area contributed by atoms with Crippen LogP contribution in [0.2, 0.25) is 5.02 Å². The number of carbonyl (C=O) groups is 2. The molecule has 2 amide bonds. The molecule has 0 radical (unpaired) electrons. The SMILES string of the molecule is CCCNC(=O)[C@H](C)N(Cc1cccc(Br)c1)C(=O)CN(c1ccccc1OCC)S(=O)(=O)c1ccc(Cl)cc1. The third-order valence-corrected chi connectivity index (χ3v) is 8.59. The zero-order valence-electron chi connectivity index (χ0n) is 22.6. The van der Waals surface area contributed by atoms with Crippen LogP contribution in [0.4, 0.5) is 5.69 Å². The smallest absolute Gasteiger partial charge is 0.264 e. The maximum atomic E-state index is 14.0. The van der Waals surface area contributed by atoms with Gasteiger partial charge in [0.15, 0.2) is 0 Å². The van der Waals surface area contributed by atoms with Gasteiger partial charge >= 0.3 is 0 Å². The summed E-state index contributed by atoms with van der Waals surface area (Å²) < 4.78 is 35.5. The summed E-state index contributed by atoms with van der Waals surface area (Å²) in [7, 11) is -4.24. The predicted octanol–water partition coefficient (Wildman–Crippen LogP) is 5.64. The number of para-hydroxylation sites is 2. The van der Waals surface area contributed by atoms with Crippen LogP contribution in [0.5, 0.6) is 5.75 Å². The molecule has 11 heteroatoms. The third kappa shape index (κ3) is 7.99. The highest BCUT2D eigenvalue weighted by molar-refractivity contribution is 9.10. The van der Waals surface area contributed by atoms with Crippen LogP contribution in [0.15, 0.2) is 82.2 Å². The Labute approximate surface area is 249 Å². The molecular formula is C29H33BrClN3O5S. The first-order valence-electron chi connectivity index (χ1n) is 12.9. The number of nitrogens with one attached hydrogen (secondary N) is 1. The molecule has 8 nitrogen and oxygen atoms in total. The number of amides is 2. The summed E-state index contributed by atoms with van der Waals surface area (Å²) in [6, 6.07) is 18.9. The molecule has 0 aliphatic rings. The highest BCUT2D eigenvalue weighted by Gasteiger charge is 2.33. The van der Waals surface area contributed by atoms with Gasteiger partial charge in [-0.15, -0.1) is 0 Å². The van der Waals surface area contributed by atoms with Gasteiger partial charge < -0.3 is 15.0 Å². The molecule has 0 spiro atoms. The summed E-state index contributed by atoms with van der Waals surface area (Å²) in [5, 5.41) is 3.21. The molecule has 0 aromatic heterocycles. The molecule has 0 heterocycles. The summed E-state index contributed by atoms with van der Waals surface area (Å²) in [5.41, 5.74) is 0.984. The molecule has 0 saturated heterocycles. The second-order valence-electron chi connectivity index (χ2n) is 8.98. The molecule has 0 bridgehead atoms. The Hall–Kier alpha value is -3.08. The van der Waals surface area contributed by atoms with Gasteiger partial charge in [-0.1, -0.05) is 58.7 Å². The van der Waals surface area contributed by atoms with E-state index in [1.54, 1.807) is 38.1 Å². The molecule has 0 aliphatic heterocycles. The standard InChI is InChI=1S/C29H33BrClN3O5S/c1-4-17-32-29(36)21(3)33(19-22-9-8-10-23(30)18-22)28(35)20-34(26-11-6-7-12-27(26)39-5-2)40(37,38)25-15-13-24(31)14-16-25/h6-16,18,21H,4-5,17,19-20H2,1-3H3,(H,32,36)/t21-/m0/s1. The maximum Gasteiger partial charge on any atom is 0.264 e. The van der Waals surface area contributed by atoms with Crippen molar-refractivity contribution < 1.29 is 22.7 Å². The minimum Gasteiger partial charge on any atom is -0.492 e. The number of anilines is 1. The predicted molar refractivity (Wildman–Crippen MR) is 161 cm³/mol. The first-order valence-corrected chi connectivity index (χ1v) is 15.5. The van der Waals surface area contributed by atoms with Crippen LogP contribution in [-0.4, -0.2) is 50.9 Å². The van der Waals surface area contributed by atoms with E-state index in [4.69, 9.17) is 16.3 Å². The molecule has 0 saturated carbocycles. The van der Waals surface area contributed by atoms with E-state index < -0.39 is 28.5 Å². The molecule has 40 heavy (non-hydrogen) atoms. The van der Waals surface area contributed by atoms with Crippen LogP contribution in [0.3, 0.4) is 0 Å². The minimum atomic E-state index is -4.24. The van der Waals surface area contributed by atoms with Gasteiger partial charge in [-0.25, -0.2) is 8.42 Å². The van der Waals surface area contributed by atoms with E-state index in [1.807, 2.05) is 31.2 Å². The van der Waals surface area contributed by atoms with E-state index in [2.05, 4.69) is 21.2 Å². The molecule has 3 aromatic rings. The number of rotatable bonds is 13. The fourth-order valence-electron chi connectivity index (χ4n) is 4.00. The van der Waals surface area contributed by atoms with Crippen molar-refractivity contribution in [3.05, 3.63) is 87.9 Å². The average molecular weight is 651 g/mol. The van der Waals surface area contributed by atoms with E-state index in [0.717, 1.165) is 20.8 Å². The first kappa shape index (κ1) is 31.4. The molecule has 1 N–H and O–H groups in total. The Balaban J connectivity index is 2.07. The fourth-order valence-corrected chi connectivity index (χ4v) is 6.00. The summed E-state index contributed by atoms with van der Waals surface area (Å²) in [6.07, 6.45) is 0.735. The molecule has 214 valence electrons. The Kier molecular flexibility index (Phi) is 11.4. The molecule has 0 unspecified atom stereocenters. The number of halogens is 2. The monoisotopic (exact) mass is 649 g/mol. The van der Waals surface area contributed by atoms with Crippen molar-refractivity contribution in [2.24, 2.45) is 0 Å². The van der Waals surface area contributed by atoms with Crippen molar-refractivity contribution >= 4 is 55.1 Å². The van der Waals surface area contributed by atoms with Gasteiger partial charge in [-0.3, -0.25) is 13.9 Å². The van der Waals surface area contributed by atoms with Crippen LogP contribution in [0.1, 0.15) is 32.8 Å². The lowest BCUT2D eigenvalue weighted by molar-refractivity contribution is -0.139. The van der Waals surface area contributed by atoms with Crippen molar-refractivity contribution in [1.82, 2.24) is 10.2 Å². The molecule has 0 aliphatic carbocycles. The average Bonchev–Trinajstić information content (AvgIpc) is 2.93. The number of benzene rings is 3. The zero-order chi connectivity index (χ0) is 29.3. The third-order valence-electron chi connectivity index (χ3n) is 6.07. The van der Waals surface area contributed by atoms with Gasteiger partial charge in [0.25, 0.3) is 10.0 Å². The van der Waals surface area contributed by atoms with E-state index in [-0.39, 0.29) is 23.0 Å². The van der Waals surface area contributed by atoms with Crippen LogP contribution >= 0.6 is 27.5 Å². The van der Waals surface area contributed by atoms with E-state index in [9.17, 15) is 18.0 Å². The van der Waals surface area contributed by atoms with Gasteiger partial charge in [-0.2, -0.15) is 0 Å². The maximum absolute atomic E-state index is 14.0. The Morgan fingerprint density at radius 3 is 2.38 bits per heavy atom. The van der Waals surface area contributed by atoms with Crippen molar-refractivity contribution in [3.63, 3.8) is 0 Å². The first-order chi connectivity index (χ1) is 19.1. The lowest BCUT2D eigenvalue weighted by Gasteiger charge is -2.32. The van der Waals surface area contributed by atoms with Crippen molar-refractivity contribution in [3.8, 4) is 5.75 Å². The largest absolute Gasteiger partial charge is 0.492 e. The summed E-state index contributed by atoms with van der Waals surface area (Å²) in [5.74, 6) is -0.572. The molecule has 3 aromatic carbocycles. The van der Waals surface area contributed by atoms with Crippen LogP contribution < -0.4 is 14.4 Å². The van der Waals surface area contributed by atoms with E-state index >= 15 is 0 Å². The van der Waals surface area contributed by atoms with Crippen molar-refractivity contribution in [2.45, 2.75) is 44.7 Å². The normalized spacial score (nSPS) is 11.9. The van der Waals surface area contributed by atoms with Gasteiger partial charge in [0.1, 0.15) is 18.3 Å². The van der Waals surface area contributed by atoms with Crippen molar-refractivity contribution in [2.75, 3.05) is 24.0 Å².